The van der Waals surface area contributed by atoms with Crippen LogP contribution in [0.25, 0.3) is 11.4 Å². The summed E-state index contributed by atoms with van der Waals surface area (Å²) < 4.78 is 7.18. The van der Waals surface area contributed by atoms with Crippen LogP contribution < -0.4 is 5.32 Å². The van der Waals surface area contributed by atoms with Gasteiger partial charge in [-0.05, 0) is 41.6 Å². The topological polar surface area (TPSA) is 68.8 Å². The van der Waals surface area contributed by atoms with Crippen LogP contribution in [-0.4, -0.2) is 20.2 Å². The lowest BCUT2D eigenvalue weighted by molar-refractivity contribution is 0.490. The summed E-state index contributed by atoms with van der Waals surface area (Å²) >= 11 is 0. The Morgan fingerprint density at radius 3 is 2.85 bits per heavy atom. The normalized spacial score (nSPS) is 10.7. The number of tetrazole rings is 1. The number of aryl methyl sites for hydroxylation is 2. The third-order valence-electron chi connectivity index (χ3n) is 3.00. The first kappa shape index (κ1) is 12.4. The molecule has 20 heavy (non-hydrogen) atoms. The summed E-state index contributed by atoms with van der Waals surface area (Å²) in [6.45, 7) is 2.58. The summed E-state index contributed by atoms with van der Waals surface area (Å²) in [6, 6.07) is 11.9. The van der Waals surface area contributed by atoms with E-state index in [0.29, 0.717) is 6.54 Å². The van der Waals surface area contributed by atoms with Crippen molar-refractivity contribution in [3.8, 4) is 11.4 Å². The fourth-order valence-electron chi connectivity index (χ4n) is 2.01. The lowest BCUT2D eigenvalue weighted by Gasteiger charge is -2.06. The lowest BCUT2D eigenvalue weighted by Crippen LogP contribution is -1.99. The summed E-state index contributed by atoms with van der Waals surface area (Å²) in [7, 11) is 1.82. The molecule has 2 aromatic heterocycles. The zero-order valence-electron chi connectivity index (χ0n) is 11.4. The molecule has 0 spiro atoms. The van der Waals surface area contributed by atoms with Crippen LogP contribution in [0, 0.1) is 6.92 Å². The molecule has 0 aliphatic carbocycles. The molecule has 6 nitrogen and oxygen atoms in total. The molecule has 2 heterocycles. The molecule has 0 saturated heterocycles. The van der Waals surface area contributed by atoms with E-state index in [2.05, 4.69) is 20.8 Å². The number of benzene rings is 1. The zero-order chi connectivity index (χ0) is 13.9. The van der Waals surface area contributed by atoms with Crippen molar-refractivity contribution in [2.24, 2.45) is 7.05 Å². The van der Waals surface area contributed by atoms with E-state index >= 15 is 0 Å². The summed E-state index contributed by atoms with van der Waals surface area (Å²) in [5.41, 5.74) is 1.97. The highest BCUT2D eigenvalue weighted by Gasteiger charge is 2.06. The van der Waals surface area contributed by atoms with Crippen LogP contribution in [-0.2, 0) is 13.6 Å². The predicted octanol–water partition coefficient (Wildman–Crippen LogP) is 2.39. The van der Waals surface area contributed by atoms with Crippen molar-refractivity contribution in [2.75, 3.05) is 5.32 Å². The van der Waals surface area contributed by atoms with E-state index in [9.17, 15) is 0 Å². The Morgan fingerprint density at radius 2 is 2.15 bits per heavy atom. The van der Waals surface area contributed by atoms with Crippen molar-refractivity contribution in [3.05, 3.63) is 47.9 Å². The number of aromatic nitrogens is 4. The number of nitrogens with zero attached hydrogens (tertiary/aromatic N) is 4. The van der Waals surface area contributed by atoms with E-state index < -0.39 is 0 Å². The highest BCUT2D eigenvalue weighted by atomic mass is 16.3. The maximum absolute atomic E-state index is 5.53. The maximum Gasteiger partial charge on any atom is 0.181 e. The van der Waals surface area contributed by atoms with E-state index in [0.717, 1.165) is 28.6 Å². The minimum absolute atomic E-state index is 0.647. The van der Waals surface area contributed by atoms with Crippen LogP contribution in [0.3, 0.4) is 0 Å². The molecule has 0 amide bonds. The molecule has 3 aromatic rings. The highest BCUT2D eigenvalue weighted by Crippen LogP contribution is 2.20. The Kier molecular flexibility index (Phi) is 3.20. The van der Waals surface area contributed by atoms with Crippen LogP contribution >= 0.6 is 0 Å². The van der Waals surface area contributed by atoms with Gasteiger partial charge >= 0.3 is 0 Å². The van der Waals surface area contributed by atoms with E-state index in [1.807, 2.05) is 50.4 Å². The quantitative estimate of drug-likeness (QED) is 0.787. The summed E-state index contributed by atoms with van der Waals surface area (Å²) in [5.74, 6) is 2.57. The van der Waals surface area contributed by atoms with Gasteiger partial charge in [-0.2, -0.15) is 0 Å². The standard InChI is InChI=1S/C14H15N5O/c1-10-6-7-13(20-10)9-15-12-5-3-4-11(8-12)14-16-17-18-19(14)2/h3-8,15H,9H2,1-2H3. The smallest absolute Gasteiger partial charge is 0.181 e. The second kappa shape index (κ2) is 5.16. The predicted molar refractivity (Wildman–Crippen MR) is 75.0 cm³/mol. The fourth-order valence-corrected chi connectivity index (χ4v) is 2.01. The molecule has 3 rings (SSSR count). The summed E-state index contributed by atoms with van der Waals surface area (Å²) in [5, 5.41) is 14.8. The molecule has 0 bridgehead atoms. The molecule has 0 radical (unpaired) electrons. The summed E-state index contributed by atoms with van der Waals surface area (Å²) in [6.07, 6.45) is 0. The molecule has 0 aliphatic heterocycles. The molecule has 1 N–H and O–H groups in total. The Morgan fingerprint density at radius 1 is 1.25 bits per heavy atom. The van der Waals surface area contributed by atoms with Crippen LogP contribution in [0.1, 0.15) is 11.5 Å². The number of hydrogen-bond donors (Lipinski definition) is 1. The molecule has 1 aromatic carbocycles. The molecule has 102 valence electrons. The largest absolute Gasteiger partial charge is 0.465 e. The van der Waals surface area contributed by atoms with Gasteiger partial charge in [-0.1, -0.05) is 12.1 Å². The van der Waals surface area contributed by atoms with Gasteiger partial charge in [-0.25, -0.2) is 4.68 Å². The highest BCUT2D eigenvalue weighted by molar-refractivity contribution is 5.62. The molecule has 6 heteroatoms. The van der Waals surface area contributed by atoms with Crippen molar-refractivity contribution >= 4 is 5.69 Å². The molecular formula is C14H15N5O. The van der Waals surface area contributed by atoms with E-state index in [1.165, 1.54) is 0 Å². The average molecular weight is 269 g/mol. The van der Waals surface area contributed by atoms with E-state index in [4.69, 9.17) is 4.42 Å². The Bertz CT molecular complexity index is 716. The SMILES string of the molecule is Cc1ccc(CNc2cccc(-c3nnnn3C)c2)o1. The molecule has 0 saturated carbocycles. The van der Waals surface area contributed by atoms with Crippen molar-refractivity contribution in [2.45, 2.75) is 13.5 Å². The minimum Gasteiger partial charge on any atom is -0.465 e. The zero-order valence-corrected chi connectivity index (χ0v) is 11.4. The first-order valence-electron chi connectivity index (χ1n) is 6.34. The molecule has 0 atom stereocenters. The molecule has 0 unspecified atom stereocenters. The summed E-state index contributed by atoms with van der Waals surface area (Å²) in [4.78, 5) is 0. The molecular weight excluding hydrogens is 254 g/mol. The van der Waals surface area contributed by atoms with Crippen LogP contribution in [0.5, 0.6) is 0 Å². The van der Waals surface area contributed by atoms with Gasteiger partial charge in [0.25, 0.3) is 0 Å². The van der Waals surface area contributed by atoms with Crippen molar-refractivity contribution in [1.29, 1.82) is 0 Å². The van der Waals surface area contributed by atoms with Crippen molar-refractivity contribution < 1.29 is 4.42 Å². The van der Waals surface area contributed by atoms with E-state index in [-0.39, 0.29) is 0 Å². The second-order valence-corrected chi connectivity index (χ2v) is 4.57. The maximum atomic E-state index is 5.53. The molecule has 0 fully saturated rings. The lowest BCUT2D eigenvalue weighted by atomic mass is 10.2. The first-order valence-corrected chi connectivity index (χ1v) is 6.34. The van der Waals surface area contributed by atoms with E-state index in [1.54, 1.807) is 4.68 Å². The van der Waals surface area contributed by atoms with Crippen molar-refractivity contribution in [3.63, 3.8) is 0 Å². The Labute approximate surface area is 116 Å². The number of anilines is 1. The Balaban J connectivity index is 1.76. The number of nitrogens with one attached hydrogen (secondary N) is 1. The molecule has 0 aliphatic rings. The van der Waals surface area contributed by atoms with Gasteiger partial charge < -0.3 is 9.73 Å². The minimum atomic E-state index is 0.647. The van der Waals surface area contributed by atoms with Gasteiger partial charge in [0.2, 0.25) is 0 Å². The third-order valence-corrected chi connectivity index (χ3v) is 3.00. The average Bonchev–Trinajstić information content (AvgIpc) is 3.05. The van der Waals surface area contributed by atoms with Gasteiger partial charge in [0.05, 0.1) is 6.54 Å². The van der Waals surface area contributed by atoms with Crippen LogP contribution in [0.15, 0.2) is 40.8 Å². The third kappa shape index (κ3) is 2.54. The van der Waals surface area contributed by atoms with Gasteiger partial charge in [0.1, 0.15) is 11.5 Å². The van der Waals surface area contributed by atoms with Crippen molar-refractivity contribution in [1.82, 2.24) is 20.2 Å². The number of hydrogen-bond acceptors (Lipinski definition) is 5. The van der Waals surface area contributed by atoms with Crippen LogP contribution in [0.2, 0.25) is 0 Å². The number of rotatable bonds is 4. The second-order valence-electron chi connectivity index (χ2n) is 4.57. The fraction of sp³-hybridized carbons (Fsp3) is 0.214. The Hall–Kier alpha value is -2.63. The van der Waals surface area contributed by atoms with Gasteiger partial charge in [0.15, 0.2) is 5.82 Å². The van der Waals surface area contributed by atoms with Gasteiger partial charge in [0, 0.05) is 18.3 Å². The van der Waals surface area contributed by atoms with Crippen LogP contribution in [0.4, 0.5) is 5.69 Å². The van der Waals surface area contributed by atoms with Gasteiger partial charge in [-0.15, -0.1) is 5.10 Å². The van der Waals surface area contributed by atoms with Gasteiger partial charge in [-0.3, -0.25) is 0 Å². The number of furan rings is 1. The first-order chi connectivity index (χ1) is 9.72. The monoisotopic (exact) mass is 269 g/mol.